The Hall–Kier alpha value is -1.90. The third kappa shape index (κ3) is 3.56. The van der Waals surface area contributed by atoms with E-state index in [0.717, 1.165) is 19.3 Å². The van der Waals surface area contributed by atoms with Gasteiger partial charge in [-0.1, -0.05) is 37.6 Å². The average Bonchev–Trinajstić information content (AvgIpc) is 2.75. The van der Waals surface area contributed by atoms with Crippen LogP contribution in [-0.4, -0.2) is 10.4 Å². The Morgan fingerprint density at radius 3 is 2.55 bits per heavy atom. The van der Waals surface area contributed by atoms with Gasteiger partial charge in [-0.15, -0.1) is 0 Å². The predicted octanol–water partition coefficient (Wildman–Crippen LogP) is 4.03. The third-order valence-electron chi connectivity index (χ3n) is 3.36. The number of carbonyl (C=O) groups is 1. The fraction of sp³-hybridized carbons (Fsp3) is 0.294. The molecule has 0 saturated heterocycles. The van der Waals surface area contributed by atoms with Crippen molar-refractivity contribution in [3.63, 3.8) is 0 Å². The zero-order chi connectivity index (χ0) is 14.5. The number of Topliss-reactive ketones (excluding diaryl/α,β-unsaturated/α-hetero) is 1. The lowest BCUT2D eigenvalue weighted by atomic mass is 10.0. The number of unbranched alkanes of at least 4 members (excludes halogenated alkanes) is 1. The van der Waals surface area contributed by atoms with Gasteiger partial charge in [0.25, 0.3) is 0 Å². The zero-order valence-corrected chi connectivity index (χ0v) is 11.7. The van der Waals surface area contributed by atoms with Crippen LogP contribution in [0, 0.1) is 12.7 Å². The van der Waals surface area contributed by atoms with E-state index in [2.05, 4.69) is 13.8 Å². The van der Waals surface area contributed by atoms with E-state index in [9.17, 15) is 9.18 Å². The summed E-state index contributed by atoms with van der Waals surface area (Å²) >= 11 is 0. The summed E-state index contributed by atoms with van der Waals surface area (Å²) in [7, 11) is 0. The molecule has 0 aliphatic rings. The summed E-state index contributed by atoms with van der Waals surface area (Å²) in [6, 6.07) is 8.99. The third-order valence-corrected chi connectivity index (χ3v) is 3.36. The van der Waals surface area contributed by atoms with Gasteiger partial charge in [-0.3, -0.25) is 4.79 Å². The smallest absolute Gasteiger partial charge is 0.182 e. The maximum atomic E-state index is 13.0. The molecule has 0 aliphatic carbocycles. The molecule has 0 bridgehead atoms. The van der Waals surface area contributed by atoms with Gasteiger partial charge in [0, 0.05) is 17.5 Å². The van der Waals surface area contributed by atoms with E-state index in [4.69, 9.17) is 0 Å². The number of aromatic nitrogens is 1. The van der Waals surface area contributed by atoms with Gasteiger partial charge in [0.15, 0.2) is 5.78 Å². The number of nitrogens with zero attached hydrogens (tertiary/aromatic N) is 1. The summed E-state index contributed by atoms with van der Waals surface area (Å²) in [5, 5.41) is 0. The van der Waals surface area contributed by atoms with Gasteiger partial charge in [-0.05, 0) is 31.4 Å². The second-order valence-corrected chi connectivity index (χ2v) is 5.00. The molecule has 2 nitrogen and oxygen atoms in total. The highest BCUT2D eigenvalue weighted by molar-refractivity contribution is 5.96. The molecule has 105 valence electrons. The van der Waals surface area contributed by atoms with Crippen LogP contribution in [0.15, 0.2) is 36.5 Å². The zero-order valence-electron chi connectivity index (χ0n) is 11.7. The Kier molecular flexibility index (Phi) is 4.72. The van der Waals surface area contributed by atoms with Crippen molar-refractivity contribution in [1.82, 2.24) is 4.57 Å². The standard InChI is InChI=1S/C17H19FNO/c1-3-4-5-14-6-8-15(9-7-14)17(20)12-19-11-16(18)10-13(19)2/h6-11H,2-5,12H2,1H3. The summed E-state index contributed by atoms with van der Waals surface area (Å²) in [6.07, 6.45) is 4.65. The maximum Gasteiger partial charge on any atom is 0.182 e. The number of benzene rings is 1. The van der Waals surface area contributed by atoms with Crippen LogP contribution >= 0.6 is 0 Å². The molecule has 0 amide bonds. The minimum atomic E-state index is -0.363. The summed E-state index contributed by atoms with van der Waals surface area (Å²) in [6.45, 7) is 5.99. The van der Waals surface area contributed by atoms with Crippen LogP contribution in [0.25, 0.3) is 0 Å². The van der Waals surface area contributed by atoms with Gasteiger partial charge in [0.05, 0.1) is 6.54 Å². The number of carbonyl (C=O) groups excluding carboxylic acids is 1. The van der Waals surface area contributed by atoms with Crippen molar-refractivity contribution in [1.29, 1.82) is 0 Å². The number of halogens is 1. The van der Waals surface area contributed by atoms with Gasteiger partial charge in [-0.25, -0.2) is 4.39 Å². The van der Waals surface area contributed by atoms with Crippen molar-refractivity contribution >= 4 is 5.78 Å². The molecule has 0 aliphatic heterocycles. The fourth-order valence-corrected chi connectivity index (χ4v) is 2.14. The minimum absolute atomic E-state index is 0.0347. The molecule has 1 aromatic carbocycles. The first-order valence-electron chi connectivity index (χ1n) is 6.90. The topological polar surface area (TPSA) is 22.0 Å². The number of aryl methyl sites for hydroxylation is 1. The van der Waals surface area contributed by atoms with Crippen LogP contribution < -0.4 is 0 Å². The van der Waals surface area contributed by atoms with Crippen molar-refractivity contribution in [3.8, 4) is 0 Å². The van der Waals surface area contributed by atoms with Gasteiger partial charge >= 0.3 is 0 Å². The van der Waals surface area contributed by atoms with E-state index in [1.54, 1.807) is 0 Å². The molecule has 1 heterocycles. The Morgan fingerprint density at radius 1 is 1.30 bits per heavy atom. The number of hydrogen-bond acceptors (Lipinski definition) is 1. The first-order valence-corrected chi connectivity index (χ1v) is 6.90. The van der Waals surface area contributed by atoms with Crippen LogP contribution in [-0.2, 0) is 13.0 Å². The molecule has 0 N–H and O–H groups in total. The molecule has 0 fully saturated rings. The molecular formula is C17H19FNO. The first kappa shape index (κ1) is 14.5. The lowest BCUT2D eigenvalue weighted by Crippen LogP contribution is -2.10. The molecule has 0 saturated carbocycles. The Balaban J connectivity index is 2.04. The quantitative estimate of drug-likeness (QED) is 0.728. The molecule has 20 heavy (non-hydrogen) atoms. The molecule has 2 aromatic rings. The minimum Gasteiger partial charge on any atom is -0.341 e. The summed E-state index contributed by atoms with van der Waals surface area (Å²) in [5.41, 5.74) is 2.41. The maximum absolute atomic E-state index is 13.0. The Morgan fingerprint density at radius 2 is 2.00 bits per heavy atom. The van der Waals surface area contributed by atoms with E-state index in [1.807, 2.05) is 24.3 Å². The number of rotatable bonds is 6. The highest BCUT2D eigenvalue weighted by Crippen LogP contribution is 2.11. The second kappa shape index (κ2) is 6.51. The van der Waals surface area contributed by atoms with Gasteiger partial charge in [0.1, 0.15) is 5.82 Å². The highest BCUT2D eigenvalue weighted by Gasteiger charge is 2.09. The molecule has 0 unspecified atom stereocenters. The lowest BCUT2D eigenvalue weighted by Gasteiger charge is -2.06. The molecular weight excluding hydrogens is 253 g/mol. The normalized spacial score (nSPS) is 10.8. The lowest BCUT2D eigenvalue weighted by molar-refractivity contribution is 0.0971. The highest BCUT2D eigenvalue weighted by atomic mass is 19.1. The van der Waals surface area contributed by atoms with Crippen molar-refractivity contribution in [2.45, 2.75) is 32.7 Å². The van der Waals surface area contributed by atoms with E-state index in [0.29, 0.717) is 11.3 Å². The van der Waals surface area contributed by atoms with Crippen LogP contribution in [0.1, 0.15) is 41.4 Å². The average molecular weight is 272 g/mol. The summed E-state index contributed by atoms with van der Waals surface area (Å²) in [4.78, 5) is 12.1. The van der Waals surface area contributed by atoms with E-state index in [1.165, 1.54) is 22.4 Å². The summed E-state index contributed by atoms with van der Waals surface area (Å²) < 4.78 is 14.6. The predicted molar refractivity (Wildman–Crippen MR) is 78.2 cm³/mol. The second-order valence-electron chi connectivity index (χ2n) is 5.00. The number of ketones is 1. The van der Waals surface area contributed by atoms with E-state index >= 15 is 0 Å². The SMILES string of the molecule is [CH2]c1cc(F)cn1CC(=O)c1ccc(CCCC)cc1. The monoisotopic (exact) mass is 272 g/mol. The first-order chi connectivity index (χ1) is 9.60. The fourth-order valence-electron chi connectivity index (χ4n) is 2.14. The molecule has 2 rings (SSSR count). The van der Waals surface area contributed by atoms with E-state index in [-0.39, 0.29) is 18.1 Å². The van der Waals surface area contributed by atoms with Crippen molar-refractivity contribution < 1.29 is 9.18 Å². The van der Waals surface area contributed by atoms with Gasteiger partial charge < -0.3 is 4.57 Å². The molecule has 1 radical (unpaired) electrons. The van der Waals surface area contributed by atoms with Gasteiger partial charge in [-0.2, -0.15) is 0 Å². The van der Waals surface area contributed by atoms with E-state index < -0.39 is 0 Å². The van der Waals surface area contributed by atoms with Crippen molar-refractivity contribution in [2.24, 2.45) is 0 Å². The van der Waals surface area contributed by atoms with Crippen molar-refractivity contribution in [3.05, 3.63) is 66.1 Å². The number of hydrogen-bond donors (Lipinski definition) is 0. The molecule has 0 spiro atoms. The Bertz CT molecular complexity index is 584. The molecule has 3 heteroatoms. The largest absolute Gasteiger partial charge is 0.341 e. The van der Waals surface area contributed by atoms with Crippen LogP contribution in [0.5, 0.6) is 0 Å². The molecule has 1 aromatic heterocycles. The molecule has 0 atom stereocenters. The van der Waals surface area contributed by atoms with Crippen LogP contribution in [0.4, 0.5) is 4.39 Å². The van der Waals surface area contributed by atoms with Gasteiger partial charge in [0.2, 0.25) is 0 Å². The Labute approximate surface area is 119 Å². The summed E-state index contributed by atoms with van der Waals surface area (Å²) in [5.74, 6) is -0.398. The van der Waals surface area contributed by atoms with Crippen molar-refractivity contribution in [2.75, 3.05) is 0 Å². The van der Waals surface area contributed by atoms with Crippen LogP contribution in [0.3, 0.4) is 0 Å². The van der Waals surface area contributed by atoms with Crippen LogP contribution in [0.2, 0.25) is 0 Å².